The number of allylic oxidation sites excluding steroid dienone is 4. The topological polar surface area (TPSA) is 88.5 Å². The number of carbonyl (C=O) groups excluding carboxylic acids is 4. The van der Waals surface area contributed by atoms with Crippen LogP contribution in [0.5, 0.6) is 0 Å². The van der Waals surface area contributed by atoms with Gasteiger partial charge in [-0.15, -0.1) is 0 Å². The predicted octanol–water partition coefficient (Wildman–Crippen LogP) is 7.52. The number of hydrogen-bond acceptors (Lipinski definition) is 5. The van der Waals surface area contributed by atoms with E-state index in [0.717, 1.165) is 18.4 Å². The first-order chi connectivity index (χ1) is 19.8. The molecule has 1 N–H and O–H groups in total. The van der Waals surface area contributed by atoms with Crippen LogP contribution in [0.4, 0.5) is 0 Å². The smallest absolute Gasteiger partial charge is 0.184 e. The molecule has 0 heterocycles. The minimum atomic E-state index is -1.96. The summed E-state index contributed by atoms with van der Waals surface area (Å²) in [6.45, 7) is 17.7. The van der Waals surface area contributed by atoms with Crippen LogP contribution in [0.1, 0.15) is 111 Å². The highest BCUT2D eigenvalue weighted by atomic mass is 16.3. The van der Waals surface area contributed by atoms with Gasteiger partial charge in [0.05, 0.1) is 16.4 Å². The van der Waals surface area contributed by atoms with Gasteiger partial charge in [-0.1, -0.05) is 81.3 Å². The van der Waals surface area contributed by atoms with Gasteiger partial charge in [-0.05, 0) is 102 Å². The highest BCUT2D eigenvalue weighted by Gasteiger charge is 2.86. The van der Waals surface area contributed by atoms with Gasteiger partial charge in [0, 0.05) is 5.56 Å². The minimum Gasteiger partial charge on any atom is -0.390 e. The van der Waals surface area contributed by atoms with Crippen molar-refractivity contribution in [2.75, 3.05) is 0 Å². The zero-order valence-corrected chi connectivity index (χ0v) is 27.6. The molecule has 0 amide bonds. The van der Waals surface area contributed by atoms with Crippen molar-refractivity contribution >= 4 is 23.1 Å². The van der Waals surface area contributed by atoms with Gasteiger partial charge in [0.15, 0.2) is 28.5 Å². The first-order valence-electron chi connectivity index (χ1n) is 16.1. The second-order valence-corrected chi connectivity index (χ2v) is 16.2. The number of rotatable bonds is 8. The fourth-order valence-electron chi connectivity index (χ4n) is 10.2. The number of aliphatic hydroxyl groups is 1. The van der Waals surface area contributed by atoms with Gasteiger partial charge in [0.25, 0.3) is 0 Å². The molecule has 0 unspecified atom stereocenters. The lowest BCUT2D eigenvalue weighted by molar-refractivity contribution is -0.181. The molecule has 1 aromatic rings. The van der Waals surface area contributed by atoms with E-state index in [-0.39, 0.29) is 36.4 Å². The van der Waals surface area contributed by atoms with Crippen molar-refractivity contribution in [3.8, 4) is 0 Å². The van der Waals surface area contributed by atoms with Crippen molar-refractivity contribution in [1.29, 1.82) is 0 Å². The molecule has 4 bridgehead atoms. The van der Waals surface area contributed by atoms with Crippen LogP contribution in [-0.2, 0) is 14.4 Å². The van der Waals surface area contributed by atoms with Crippen LogP contribution in [0.25, 0.3) is 0 Å². The third-order valence-corrected chi connectivity index (χ3v) is 12.5. The molecule has 1 spiro atoms. The van der Waals surface area contributed by atoms with E-state index in [1.54, 1.807) is 38.1 Å². The molecule has 5 saturated carbocycles. The van der Waals surface area contributed by atoms with Gasteiger partial charge < -0.3 is 5.11 Å². The van der Waals surface area contributed by atoms with Gasteiger partial charge in [-0.3, -0.25) is 19.2 Å². The molecular weight excluding hydrogens is 536 g/mol. The van der Waals surface area contributed by atoms with Crippen LogP contribution in [0.15, 0.2) is 53.6 Å². The molecule has 5 aliphatic rings. The molecule has 1 aromatic carbocycles. The van der Waals surface area contributed by atoms with E-state index in [2.05, 4.69) is 33.8 Å². The third kappa shape index (κ3) is 4.05. The van der Waals surface area contributed by atoms with Gasteiger partial charge in [-0.25, -0.2) is 0 Å². The van der Waals surface area contributed by atoms with Gasteiger partial charge in [0.1, 0.15) is 0 Å². The van der Waals surface area contributed by atoms with Crippen LogP contribution in [0.2, 0.25) is 0 Å². The average molecular weight is 587 g/mol. The third-order valence-electron chi connectivity index (χ3n) is 12.5. The monoisotopic (exact) mass is 586 g/mol. The summed E-state index contributed by atoms with van der Waals surface area (Å²) in [5, 5.41) is 11.4. The summed E-state index contributed by atoms with van der Waals surface area (Å²) in [5.41, 5.74) is -4.92. The Bertz CT molecular complexity index is 1430. The summed E-state index contributed by atoms with van der Waals surface area (Å²) in [6, 6.07) is 8.69. The summed E-state index contributed by atoms with van der Waals surface area (Å²) < 4.78 is 0. The standard InChI is InChI=1S/C38H50O5/c1-23(2)14-13-15-24(3)18-19-36-21-26-20-27-33(4,5)28(35(8,9)43)22-37(27,30(36)40)32(42)38(31(36)41,34(26,6)7)29(39)25-16-11-10-12-17-25/h10-12,14,16-18,26-28,43H,13,15,19-22H2,1-9H3/b24-18+/t26-,27-,28+,36-,37+,38-/m1/s1. The second kappa shape index (κ2) is 9.92. The molecule has 0 saturated heterocycles. The summed E-state index contributed by atoms with van der Waals surface area (Å²) >= 11 is 0. The Morgan fingerprint density at radius 3 is 2.14 bits per heavy atom. The van der Waals surface area contributed by atoms with E-state index in [4.69, 9.17) is 0 Å². The lowest BCUT2D eigenvalue weighted by atomic mass is 9.37. The fraction of sp³-hybridized carbons (Fsp3) is 0.632. The average Bonchev–Trinajstić information content (AvgIpc) is 3.07. The Balaban J connectivity index is 1.78. The van der Waals surface area contributed by atoms with E-state index in [1.165, 1.54) is 5.57 Å². The first-order valence-corrected chi connectivity index (χ1v) is 16.1. The summed E-state index contributed by atoms with van der Waals surface area (Å²) in [7, 11) is 0. The Hall–Kier alpha value is -2.66. The Morgan fingerprint density at radius 2 is 1.56 bits per heavy atom. The lowest BCUT2D eigenvalue weighted by Gasteiger charge is -2.60. The molecule has 6 atom stereocenters. The fourth-order valence-corrected chi connectivity index (χ4v) is 10.2. The van der Waals surface area contributed by atoms with Gasteiger partial charge >= 0.3 is 0 Å². The molecule has 0 aromatic heterocycles. The molecule has 5 aliphatic carbocycles. The van der Waals surface area contributed by atoms with E-state index in [1.807, 2.05) is 32.9 Å². The van der Waals surface area contributed by atoms with Crippen molar-refractivity contribution in [1.82, 2.24) is 0 Å². The largest absolute Gasteiger partial charge is 0.390 e. The number of benzene rings is 1. The summed E-state index contributed by atoms with van der Waals surface area (Å²) in [6.07, 6.45) is 7.19. The molecule has 6 rings (SSSR count). The molecule has 0 radical (unpaired) electrons. The van der Waals surface area contributed by atoms with Crippen LogP contribution >= 0.6 is 0 Å². The highest BCUT2D eigenvalue weighted by molar-refractivity contribution is 6.42. The lowest BCUT2D eigenvalue weighted by Crippen LogP contribution is -2.75. The number of Topliss-reactive ketones (excluding diaryl/α,β-unsaturated/α-hetero) is 4. The van der Waals surface area contributed by atoms with Crippen LogP contribution in [-0.4, -0.2) is 33.8 Å². The minimum absolute atomic E-state index is 0.163. The van der Waals surface area contributed by atoms with Crippen LogP contribution < -0.4 is 0 Å². The molecule has 232 valence electrons. The normalized spacial score (nSPS) is 36.0. The zero-order chi connectivity index (χ0) is 32.0. The van der Waals surface area contributed by atoms with E-state index in [0.29, 0.717) is 18.4 Å². The van der Waals surface area contributed by atoms with E-state index >= 15 is 14.4 Å². The van der Waals surface area contributed by atoms with Gasteiger partial charge in [-0.2, -0.15) is 0 Å². The van der Waals surface area contributed by atoms with Gasteiger partial charge in [0.2, 0.25) is 0 Å². The second-order valence-electron chi connectivity index (χ2n) is 16.2. The van der Waals surface area contributed by atoms with Crippen LogP contribution in [0.3, 0.4) is 0 Å². The summed E-state index contributed by atoms with van der Waals surface area (Å²) in [5.74, 6) is -2.67. The van der Waals surface area contributed by atoms with Crippen molar-refractivity contribution in [2.24, 2.45) is 44.8 Å². The predicted molar refractivity (Wildman–Crippen MR) is 168 cm³/mol. The quantitative estimate of drug-likeness (QED) is 0.193. The van der Waals surface area contributed by atoms with Crippen LogP contribution in [0, 0.1) is 44.8 Å². The maximum absolute atomic E-state index is 15.5. The first kappa shape index (κ1) is 31.8. The highest BCUT2D eigenvalue weighted by Crippen LogP contribution is 2.77. The van der Waals surface area contributed by atoms with Crippen molar-refractivity contribution in [2.45, 2.75) is 106 Å². The summed E-state index contributed by atoms with van der Waals surface area (Å²) in [4.78, 5) is 60.8. The number of carbonyl (C=O) groups is 4. The molecule has 5 nitrogen and oxygen atoms in total. The zero-order valence-electron chi connectivity index (χ0n) is 27.6. The SMILES string of the molecule is CC(C)=CCC/C(C)=C/C[C@@]12C[C@H]3C[C@@H]4C(C)(C)[C@@H](C(C)(C)O)C[C@]4(C1=O)C(=O)[C@@](C(=O)c1ccccc1)(C2=O)C3(C)C. The molecule has 0 aliphatic heterocycles. The van der Waals surface area contributed by atoms with E-state index < -0.39 is 50.0 Å². The van der Waals surface area contributed by atoms with Crippen molar-refractivity contribution in [3.63, 3.8) is 0 Å². The Kier molecular flexibility index (Phi) is 7.33. The van der Waals surface area contributed by atoms with E-state index in [9.17, 15) is 9.90 Å². The Labute approximate surface area is 257 Å². The molecule has 43 heavy (non-hydrogen) atoms. The molecular formula is C38H50O5. The Morgan fingerprint density at radius 1 is 0.930 bits per heavy atom. The van der Waals surface area contributed by atoms with Crippen molar-refractivity contribution < 1.29 is 24.3 Å². The molecule has 5 heteroatoms. The number of hydrogen-bond donors (Lipinski definition) is 1. The number of ketones is 4. The molecule has 5 fully saturated rings. The maximum atomic E-state index is 15.5. The van der Waals surface area contributed by atoms with Crippen molar-refractivity contribution in [3.05, 3.63) is 59.2 Å². The maximum Gasteiger partial charge on any atom is 0.184 e.